The largest absolute Gasteiger partial charge is 0.474 e. The molecule has 4 heteroatoms. The Morgan fingerprint density at radius 1 is 1.37 bits per heavy atom. The first-order valence-electron chi connectivity index (χ1n) is 7.33. The van der Waals surface area contributed by atoms with Gasteiger partial charge in [-0.15, -0.1) is 0 Å². The second-order valence-electron chi connectivity index (χ2n) is 6.13. The van der Waals surface area contributed by atoms with E-state index in [0.29, 0.717) is 23.3 Å². The highest BCUT2D eigenvalue weighted by atomic mass is 16.5. The normalized spacial score (nSPS) is 19.1. The van der Waals surface area contributed by atoms with Gasteiger partial charge in [-0.25, -0.2) is 4.98 Å². The first kappa shape index (κ1) is 14.1. The van der Waals surface area contributed by atoms with Crippen LogP contribution in [0.1, 0.15) is 52.9 Å². The van der Waals surface area contributed by atoms with E-state index in [9.17, 15) is 0 Å². The lowest BCUT2D eigenvalue weighted by atomic mass is 9.76. The highest BCUT2D eigenvalue weighted by Crippen LogP contribution is 2.36. The number of rotatable bonds is 5. The van der Waals surface area contributed by atoms with Crippen molar-refractivity contribution in [2.45, 2.75) is 59.0 Å². The zero-order valence-electron chi connectivity index (χ0n) is 12.3. The van der Waals surface area contributed by atoms with Crippen LogP contribution in [0.4, 0.5) is 5.95 Å². The fourth-order valence-corrected chi connectivity index (χ4v) is 2.39. The van der Waals surface area contributed by atoms with E-state index in [-0.39, 0.29) is 0 Å². The molecule has 0 radical (unpaired) electrons. The standard InChI is InChI=1S/C15H25N3O/c1-4-10-16-14-17-11-7-13(18-14)19-12-5-8-15(2,3)9-6-12/h7,11-12H,4-6,8-10H2,1-3H3,(H,16,17,18). The van der Waals surface area contributed by atoms with Gasteiger partial charge in [0.25, 0.3) is 0 Å². The molecule has 0 aromatic carbocycles. The lowest BCUT2D eigenvalue weighted by Crippen LogP contribution is -2.28. The summed E-state index contributed by atoms with van der Waals surface area (Å²) in [4.78, 5) is 8.59. The fraction of sp³-hybridized carbons (Fsp3) is 0.733. The average molecular weight is 263 g/mol. The van der Waals surface area contributed by atoms with Gasteiger partial charge in [0.05, 0.1) is 0 Å². The van der Waals surface area contributed by atoms with Gasteiger partial charge in [-0.1, -0.05) is 20.8 Å². The molecule has 1 heterocycles. The minimum Gasteiger partial charge on any atom is -0.474 e. The molecule has 106 valence electrons. The van der Waals surface area contributed by atoms with Crippen LogP contribution >= 0.6 is 0 Å². The first-order chi connectivity index (χ1) is 9.09. The molecule has 1 N–H and O–H groups in total. The third-order valence-corrected chi connectivity index (χ3v) is 3.74. The molecule has 0 saturated heterocycles. The van der Waals surface area contributed by atoms with Crippen LogP contribution in [-0.2, 0) is 0 Å². The van der Waals surface area contributed by atoms with Crippen LogP contribution in [0.3, 0.4) is 0 Å². The molecular formula is C15H25N3O. The summed E-state index contributed by atoms with van der Waals surface area (Å²) in [5.74, 6) is 1.36. The van der Waals surface area contributed by atoms with Gasteiger partial charge in [0.2, 0.25) is 11.8 Å². The van der Waals surface area contributed by atoms with Crippen molar-refractivity contribution in [2.24, 2.45) is 5.41 Å². The van der Waals surface area contributed by atoms with Crippen molar-refractivity contribution in [1.29, 1.82) is 0 Å². The Balaban J connectivity index is 1.89. The molecule has 0 amide bonds. The summed E-state index contributed by atoms with van der Waals surface area (Å²) < 4.78 is 5.98. The third-order valence-electron chi connectivity index (χ3n) is 3.74. The minimum atomic E-state index is 0.307. The Morgan fingerprint density at radius 3 is 2.79 bits per heavy atom. The van der Waals surface area contributed by atoms with Gasteiger partial charge in [-0.3, -0.25) is 0 Å². The van der Waals surface area contributed by atoms with Gasteiger partial charge < -0.3 is 10.1 Å². The molecule has 1 aliphatic rings. The SMILES string of the molecule is CCCNc1nccc(OC2CCC(C)(C)CC2)n1. The van der Waals surface area contributed by atoms with Gasteiger partial charge in [-0.05, 0) is 37.5 Å². The van der Waals surface area contributed by atoms with Crippen LogP contribution in [0, 0.1) is 5.41 Å². The number of hydrogen-bond donors (Lipinski definition) is 1. The monoisotopic (exact) mass is 263 g/mol. The maximum Gasteiger partial charge on any atom is 0.225 e. The highest BCUT2D eigenvalue weighted by molar-refractivity contribution is 5.27. The van der Waals surface area contributed by atoms with E-state index in [0.717, 1.165) is 25.8 Å². The van der Waals surface area contributed by atoms with Gasteiger partial charge in [-0.2, -0.15) is 4.98 Å². The molecule has 4 nitrogen and oxygen atoms in total. The van der Waals surface area contributed by atoms with Gasteiger partial charge in [0.1, 0.15) is 6.10 Å². The van der Waals surface area contributed by atoms with Crippen molar-refractivity contribution >= 4 is 5.95 Å². The van der Waals surface area contributed by atoms with Crippen LogP contribution < -0.4 is 10.1 Å². The maximum absolute atomic E-state index is 5.98. The predicted octanol–water partition coefficient (Wildman–Crippen LogP) is 3.65. The van der Waals surface area contributed by atoms with Crippen molar-refractivity contribution in [2.75, 3.05) is 11.9 Å². The molecule has 1 aromatic heterocycles. The van der Waals surface area contributed by atoms with Crippen molar-refractivity contribution in [3.8, 4) is 5.88 Å². The Bertz CT molecular complexity index is 396. The van der Waals surface area contributed by atoms with Crippen LogP contribution in [0.2, 0.25) is 0 Å². The molecule has 1 aliphatic carbocycles. The summed E-state index contributed by atoms with van der Waals surface area (Å²) in [7, 11) is 0. The number of hydrogen-bond acceptors (Lipinski definition) is 4. The number of nitrogens with one attached hydrogen (secondary N) is 1. The van der Waals surface area contributed by atoms with Gasteiger partial charge in [0.15, 0.2) is 0 Å². The fourth-order valence-electron chi connectivity index (χ4n) is 2.39. The quantitative estimate of drug-likeness (QED) is 0.881. The first-order valence-corrected chi connectivity index (χ1v) is 7.33. The van der Waals surface area contributed by atoms with Crippen LogP contribution in [0.25, 0.3) is 0 Å². The molecule has 1 fully saturated rings. The molecular weight excluding hydrogens is 238 g/mol. The Kier molecular flexibility index (Phi) is 4.61. The predicted molar refractivity (Wildman–Crippen MR) is 77.5 cm³/mol. The lowest BCUT2D eigenvalue weighted by Gasteiger charge is -2.34. The summed E-state index contributed by atoms with van der Waals surface area (Å²) in [6.45, 7) is 7.68. The van der Waals surface area contributed by atoms with E-state index in [1.54, 1.807) is 6.20 Å². The number of aromatic nitrogens is 2. The van der Waals surface area contributed by atoms with E-state index in [2.05, 4.69) is 36.1 Å². The average Bonchev–Trinajstić information content (AvgIpc) is 2.39. The van der Waals surface area contributed by atoms with Crippen LogP contribution in [-0.4, -0.2) is 22.6 Å². The van der Waals surface area contributed by atoms with Crippen LogP contribution in [0.5, 0.6) is 5.88 Å². The van der Waals surface area contributed by atoms with Crippen LogP contribution in [0.15, 0.2) is 12.3 Å². The van der Waals surface area contributed by atoms with Gasteiger partial charge in [0, 0.05) is 18.8 Å². The highest BCUT2D eigenvalue weighted by Gasteiger charge is 2.27. The molecule has 0 aliphatic heterocycles. The minimum absolute atomic E-state index is 0.307. The van der Waals surface area contributed by atoms with Gasteiger partial charge >= 0.3 is 0 Å². The van der Waals surface area contributed by atoms with Crippen molar-refractivity contribution in [3.05, 3.63) is 12.3 Å². The zero-order valence-corrected chi connectivity index (χ0v) is 12.3. The molecule has 0 atom stereocenters. The van der Waals surface area contributed by atoms with E-state index >= 15 is 0 Å². The Labute approximate surface area is 116 Å². The molecule has 1 aromatic rings. The van der Waals surface area contributed by atoms with E-state index in [1.165, 1.54) is 12.8 Å². The third kappa shape index (κ3) is 4.37. The summed E-state index contributed by atoms with van der Waals surface area (Å²) in [5, 5.41) is 3.18. The van der Waals surface area contributed by atoms with Crippen molar-refractivity contribution in [3.63, 3.8) is 0 Å². The van der Waals surface area contributed by atoms with Crippen molar-refractivity contribution < 1.29 is 4.74 Å². The summed E-state index contributed by atoms with van der Waals surface area (Å²) in [5.41, 5.74) is 0.472. The second-order valence-corrected chi connectivity index (χ2v) is 6.13. The lowest BCUT2D eigenvalue weighted by molar-refractivity contribution is 0.0949. The second kappa shape index (κ2) is 6.22. The Hall–Kier alpha value is -1.32. The smallest absolute Gasteiger partial charge is 0.225 e. The van der Waals surface area contributed by atoms with Crippen molar-refractivity contribution in [1.82, 2.24) is 9.97 Å². The molecule has 19 heavy (non-hydrogen) atoms. The molecule has 2 rings (SSSR count). The maximum atomic E-state index is 5.98. The topological polar surface area (TPSA) is 47.0 Å². The summed E-state index contributed by atoms with van der Waals surface area (Å²) in [6.07, 6.45) is 7.82. The summed E-state index contributed by atoms with van der Waals surface area (Å²) in [6, 6.07) is 1.84. The van der Waals surface area contributed by atoms with E-state index in [1.807, 2.05) is 6.07 Å². The number of anilines is 1. The molecule has 0 unspecified atom stereocenters. The molecule has 0 bridgehead atoms. The number of nitrogens with zero attached hydrogens (tertiary/aromatic N) is 2. The molecule has 0 spiro atoms. The number of ether oxygens (including phenoxy) is 1. The summed E-state index contributed by atoms with van der Waals surface area (Å²) >= 11 is 0. The Morgan fingerprint density at radius 2 is 2.11 bits per heavy atom. The molecule has 1 saturated carbocycles. The zero-order chi connectivity index (χ0) is 13.7. The van der Waals surface area contributed by atoms with E-state index < -0.39 is 0 Å². The van der Waals surface area contributed by atoms with E-state index in [4.69, 9.17) is 4.74 Å².